The second-order valence-electron chi connectivity index (χ2n) is 6.59. The topological polar surface area (TPSA) is 67.7 Å². The lowest BCUT2D eigenvalue weighted by atomic mass is 10.1. The number of fused-ring (bicyclic) bond motifs is 1. The van der Waals surface area contributed by atoms with Gasteiger partial charge in [0.05, 0.1) is 22.8 Å². The minimum Gasteiger partial charge on any atom is -0.388 e. The summed E-state index contributed by atoms with van der Waals surface area (Å²) in [5, 5.41) is 6.96. The van der Waals surface area contributed by atoms with E-state index in [2.05, 4.69) is 50.3 Å². The zero-order valence-corrected chi connectivity index (χ0v) is 16.7. The summed E-state index contributed by atoms with van der Waals surface area (Å²) in [6, 6.07) is 16.4. The second-order valence-corrected chi connectivity index (χ2v) is 6.93. The summed E-state index contributed by atoms with van der Waals surface area (Å²) in [6.07, 6.45) is 1.66. The number of aryl methyl sites for hydroxylation is 1. The van der Waals surface area contributed by atoms with Crippen LogP contribution in [0.15, 0.2) is 54.7 Å². The molecule has 28 heavy (non-hydrogen) atoms. The molecule has 2 aromatic carbocycles. The molecule has 2 N–H and O–H groups in total. The van der Waals surface area contributed by atoms with E-state index in [-0.39, 0.29) is 11.3 Å². The maximum atomic E-state index is 6.03. The van der Waals surface area contributed by atoms with E-state index in [0.29, 0.717) is 0 Å². The van der Waals surface area contributed by atoms with Gasteiger partial charge < -0.3 is 15.2 Å². The Morgan fingerprint density at radius 1 is 1.04 bits per heavy atom. The van der Waals surface area contributed by atoms with E-state index < -0.39 is 0 Å². The Hall–Kier alpha value is -3.12. The number of anilines is 2. The molecule has 0 saturated carbocycles. The molecule has 0 amide bonds. The van der Waals surface area contributed by atoms with Crippen LogP contribution in [-0.2, 0) is 7.05 Å². The van der Waals surface area contributed by atoms with E-state index in [1.165, 1.54) is 5.56 Å². The number of rotatable bonds is 5. The van der Waals surface area contributed by atoms with Gasteiger partial charge in [0.2, 0.25) is 11.2 Å². The normalized spacial score (nSPS) is 12.1. The molecule has 0 aliphatic rings. The summed E-state index contributed by atoms with van der Waals surface area (Å²) < 4.78 is 2.06. The van der Waals surface area contributed by atoms with Gasteiger partial charge in [-0.15, -0.1) is 0 Å². The van der Waals surface area contributed by atoms with E-state index >= 15 is 0 Å². The third kappa shape index (κ3) is 3.27. The molecule has 0 radical (unpaired) electrons. The van der Waals surface area contributed by atoms with Crippen LogP contribution in [0.3, 0.4) is 0 Å². The zero-order chi connectivity index (χ0) is 19.7. The lowest BCUT2D eigenvalue weighted by Gasteiger charge is -2.14. The summed E-state index contributed by atoms with van der Waals surface area (Å²) in [4.78, 5) is 13.3. The van der Waals surface area contributed by atoms with Crippen LogP contribution in [-0.4, -0.2) is 26.6 Å². The quantitative estimate of drug-likeness (QED) is 0.473. The first kappa shape index (κ1) is 18.3. The van der Waals surface area contributed by atoms with Crippen LogP contribution in [0.1, 0.15) is 18.5 Å². The van der Waals surface area contributed by atoms with Crippen molar-refractivity contribution in [3.05, 3.63) is 65.6 Å². The van der Waals surface area contributed by atoms with Crippen LogP contribution >= 0.6 is 11.6 Å². The molecule has 0 saturated heterocycles. The molecule has 2 aromatic heterocycles. The predicted molar refractivity (Wildman–Crippen MR) is 115 cm³/mol. The SMILES string of the molecule is CNc1ccc2c(nc(NC(C)c3ccccc3)n2C)c1-c1ccnc(Cl)n1. The second kappa shape index (κ2) is 7.48. The molecule has 6 nitrogen and oxygen atoms in total. The first-order valence-electron chi connectivity index (χ1n) is 9.06. The molecule has 0 aliphatic carbocycles. The average molecular weight is 393 g/mol. The highest BCUT2D eigenvalue weighted by atomic mass is 35.5. The highest BCUT2D eigenvalue weighted by Crippen LogP contribution is 2.35. The van der Waals surface area contributed by atoms with Crippen LogP contribution in [0.4, 0.5) is 11.6 Å². The fourth-order valence-electron chi connectivity index (χ4n) is 3.35. The van der Waals surface area contributed by atoms with Crippen molar-refractivity contribution >= 4 is 34.3 Å². The van der Waals surface area contributed by atoms with Crippen molar-refractivity contribution < 1.29 is 0 Å². The predicted octanol–water partition coefficient (Wildman–Crippen LogP) is 4.90. The number of aromatic nitrogens is 4. The number of nitrogens with one attached hydrogen (secondary N) is 2. The Kier molecular flexibility index (Phi) is 4.88. The van der Waals surface area contributed by atoms with Gasteiger partial charge in [-0.2, -0.15) is 0 Å². The zero-order valence-electron chi connectivity index (χ0n) is 15.9. The molecule has 0 aliphatic heterocycles. The minimum absolute atomic E-state index is 0.123. The highest BCUT2D eigenvalue weighted by Gasteiger charge is 2.18. The molecular weight excluding hydrogens is 372 g/mol. The van der Waals surface area contributed by atoms with Gasteiger partial charge in [-0.05, 0) is 42.3 Å². The van der Waals surface area contributed by atoms with Gasteiger partial charge >= 0.3 is 0 Å². The number of hydrogen-bond donors (Lipinski definition) is 2. The van der Waals surface area contributed by atoms with Gasteiger partial charge in [-0.1, -0.05) is 30.3 Å². The minimum atomic E-state index is 0.123. The van der Waals surface area contributed by atoms with E-state index in [1.54, 1.807) is 6.20 Å². The first-order valence-corrected chi connectivity index (χ1v) is 9.44. The van der Waals surface area contributed by atoms with Crippen molar-refractivity contribution in [3.63, 3.8) is 0 Å². The maximum Gasteiger partial charge on any atom is 0.222 e. The number of imidazole rings is 1. The van der Waals surface area contributed by atoms with E-state index in [1.807, 2.05) is 44.4 Å². The molecular formula is C21H21ClN6. The molecule has 4 rings (SSSR count). The van der Waals surface area contributed by atoms with Crippen LogP contribution in [0.2, 0.25) is 5.28 Å². The lowest BCUT2D eigenvalue weighted by molar-refractivity contribution is 0.832. The van der Waals surface area contributed by atoms with Crippen molar-refractivity contribution in [2.45, 2.75) is 13.0 Å². The van der Waals surface area contributed by atoms with Crippen molar-refractivity contribution in [1.29, 1.82) is 0 Å². The Morgan fingerprint density at radius 3 is 2.54 bits per heavy atom. The monoisotopic (exact) mass is 392 g/mol. The summed E-state index contributed by atoms with van der Waals surface area (Å²) >= 11 is 6.03. The summed E-state index contributed by atoms with van der Waals surface area (Å²) in [5.74, 6) is 0.793. The molecule has 0 fully saturated rings. The largest absolute Gasteiger partial charge is 0.388 e. The number of nitrogens with zero attached hydrogens (tertiary/aromatic N) is 4. The van der Waals surface area contributed by atoms with Crippen molar-refractivity contribution in [2.24, 2.45) is 7.05 Å². The van der Waals surface area contributed by atoms with Gasteiger partial charge in [0, 0.05) is 26.0 Å². The van der Waals surface area contributed by atoms with E-state index in [0.717, 1.165) is 33.9 Å². The Bertz CT molecular complexity index is 1120. The number of halogens is 1. The number of benzene rings is 2. The van der Waals surface area contributed by atoms with E-state index in [4.69, 9.17) is 16.6 Å². The molecule has 0 spiro atoms. The fourth-order valence-corrected chi connectivity index (χ4v) is 3.50. The summed E-state index contributed by atoms with van der Waals surface area (Å²) in [5.41, 5.74) is 5.63. The van der Waals surface area contributed by atoms with Crippen LogP contribution in [0, 0.1) is 0 Å². The molecule has 142 valence electrons. The van der Waals surface area contributed by atoms with Gasteiger partial charge in [0.25, 0.3) is 0 Å². The van der Waals surface area contributed by atoms with Crippen molar-refractivity contribution in [1.82, 2.24) is 19.5 Å². The van der Waals surface area contributed by atoms with Crippen molar-refractivity contribution in [3.8, 4) is 11.3 Å². The van der Waals surface area contributed by atoms with Crippen LogP contribution in [0.25, 0.3) is 22.3 Å². The van der Waals surface area contributed by atoms with Gasteiger partial charge in [0.15, 0.2) is 0 Å². The summed E-state index contributed by atoms with van der Waals surface area (Å²) in [6.45, 7) is 2.12. The lowest BCUT2D eigenvalue weighted by Crippen LogP contribution is -2.10. The number of hydrogen-bond acceptors (Lipinski definition) is 5. The highest BCUT2D eigenvalue weighted by molar-refractivity contribution is 6.28. The molecule has 7 heteroatoms. The first-order chi connectivity index (χ1) is 13.6. The van der Waals surface area contributed by atoms with Gasteiger partial charge in [0.1, 0.15) is 5.52 Å². The molecule has 1 unspecified atom stereocenters. The van der Waals surface area contributed by atoms with Gasteiger partial charge in [-0.25, -0.2) is 15.0 Å². The Labute approximate surface area is 168 Å². The van der Waals surface area contributed by atoms with Gasteiger partial charge in [-0.3, -0.25) is 0 Å². The summed E-state index contributed by atoms with van der Waals surface area (Å²) in [7, 11) is 3.89. The van der Waals surface area contributed by atoms with E-state index in [9.17, 15) is 0 Å². The smallest absolute Gasteiger partial charge is 0.222 e. The van der Waals surface area contributed by atoms with Crippen LogP contribution < -0.4 is 10.6 Å². The molecule has 0 bridgehead atoms. The Balaban J connectivity index is 1.83. The third-order valence-corrected chi connectivity index (χ3v) is 5.03. The molecule has 4 aromatic rings. The van der Waals surface area contributed by atoms with Crippen molar-refractivity contribution in [2.75, 3.05) is 17.7 Å². The van der Waals surface area contributed by atoms with Crippen LogP contribution in [0.5, 0.6) is 0 Å². The third-order valence-electron chi connectivity index (χ3n) is 4.85. The Morgan fingerprint density at radius 2 is 1.82 bits per heavy atom. The average Bonchev–Trinajstić information content (AvgIpc) is 3.03. The molecule has 2 heterocycles. The molecule has 1 atom stereocenters. The fraction of sp³-hybridized carbons (Fsp3) is 0.190. The maximum absolute atomic E-state index is 6.03. The standard InChI is InChI=1S/C21H21ClN6/c1-13(14-7-5-4-6-8-14)25-21-27-19-17(28(21)3)10-9-15(23-2)18(19)16-11-12-24-20(22)26-16/h4-13,23H,1-3H3,(H,25,27).